The van der Waals surface area contributed by atoms with Gasteiger partial charge in [0.1, 0.15) is 29.8 Å². The lowest BCUT2D eigenvalue weighted by atomic mass is 9.90. The molecule has 4 aromatic rings. The number of amides is 3. The van der Waals surface area contributed by atoms with Crippen molar-refractivity contribution in [3.05, 3.63) is 65.6 Å². The standard InChI is InChI=1S/C45H54N6O7/c1-24(2)40(49-43(53)56-8)42(52)51-25(3)9-14-37(51)35-18-32-31-19-39-33(17-27(31)11-13-34(32)47-35)30-12-10-28(16-29(30)23-57-39)36-20-46-41(48-36)38-15-26(22-55-7)21-50(38)44(54)58-45(4,5)6/h10-13,16-17,19-20,24-26,37-38,40H,9,14-15,18,21-23H2,1-8H3,(H,46,48)(H,49,53)/t25-,26-,37-,38?,40?/m0/s1. The number of hydrogen-bond donors (Lipinski definition) is 2. The second-order valence-corrected chi connectivity index (χ2v) is 17.5. The maximum Gasteiger partial charge on any atom is 0.410 e. The number of fused-ring (bicyclic) bond motifs is 6. The minimum absolute atomic E-state index is 0.0216. The van der Waals surface area contributed by atoms with Crippen molar-refractivity contribution in [3.8, 4) is 28.1 Å². The number of ether oxygens (including phenoxy) is 4. The average molecular weight is 791 g/mol. The number of methoxy groups -OCH3 is 2. The molecule has 1 aromatic heterocycles. The fourth-order valence-corrected chi connectivity index (χ4v) is 9.15. The molecule has 2 N–H and O–H groups in total. The molecule has 13 nitrogen and oxygen atoms in total. The lowest BCUT2D eigenvalue weighted by Gasteiger charge is -2.33. The zero-order chi connectivity index (χ0) is 41.0. The molecule has 0 bridgehead atoms. The van der Waals surface area contributed by atoms with Crippen LogP contribution in [0.3, 0.4) is 0 Å². The quantitative estimate of drug-likeness (QED) is 0.182. The summed E-state index contributed by atoms with van der Waals surface area (Å²) >= 11 is 0. The highest BCUT2D eigenvalue weighted by Gasteiger charge is 2.43. The Morgan fingerprint density at radius 2 is 1.84 bits per heavy atom. The van der Waals surface area contributed by atoms with Gasteiger partial charge in [-0.2, -0.15) is 0 Å². The minimum atomic E-state index is -0.691. The van der Waals surface area contributed by atoms with Gasteiger partial charge in [0.2, 0.25) is 5.91 Å². The number of imidazole rings is 1. The molecule has 2 saturated heterocycles. The Hall–Kier alpha value is -5.43. The van der Waals surface area contributed by atoms with E-state index in [1.54, 1.807) is 12.0 Å². The van der Waals surface area contributed by atoms with Gasteiger partial charge in [-0.1, -0.05) is 32.0 Å². The van der Waals surface area contributed by atoms with Gasteiger partial charge < -0.3 is 34.1 Å². The topological polar surface area (TPSA) is 148 Å². The first-order chi connectivity index (χ1) is 27.7. The first-order valence-corrected chi connectivity index (χ1v) is 20.4. The summed E-state index contributed by atoms with van der Waals surface area (Å²) in [6.45, 7) is 13.1. The Morgan fingerprint density at radius 1 is 1.03 bits per heavy atom. The number of aromatic nitrogens is 2. The molecule has 5 atom stereocenters. The van der Waals surface area contributed by atoms with Gasteiger partial charge in [-0.3, -0.25) is 14.7 Å². The third-order valence-electron chi connectivity index (χ3n) is 11.9. The number of hydrogen-bond acceptors (Lipinski definition) is 9. The van der Waals surface area contributed by atoms with Crippen LogP contribution in [-0.4, -0.2) is 94.7 Å². The summed E-state index contributed by atoms with van der Waals surface area (Å²) < 4.78 is 22.5. The molecule has 13 heteroatoms. The van der Waals surface area contributed by atoms with Crippen molar-refractivity contribution in [2.24, 2.45) is 16.8 Å². The Bertz CT molecular complexity index is 2290. The smallest absolute Gasteiger partial charge is 0.410 e. The molecule has 306 valence electrons. The largest absolute Gasteiger partial charge is 0.488 e. The van der Waals surface area contributed by atoms with E-state index in [0.717, 1.165) is 86.5 Å². The van der Waals surface area contributed by atoms with Crippen molar-refractivity contribution < 1.29 is 33.3 Å². The van der Waals surface area contributed by atoms with Crippen LogP contribution in [0.2, 0.25) is 0 Å². The zero-order valence-corrected chi connectivity index (χ0v) is 34.7. The molecule has 4 aliphatic rings. The van der Waals surface area contributed by atoms with Crippen LogP contribution >= 0.6 is 0 Å². The maximum atomic E-state index is 14.0. The van der Waals surface area contributed by atoms with E-state index >= 15 is 0 Å². The molecule has 2 fully saturated rings. The highest BCUT2D eigenvalue weighted by atomic mass is 16.6. The lowest BCUT2D eigenvalue weighted by molar-refractivity contribution is -0.136. The van der Waals surface area contributed by atoms with Crippen LogP contribution in [0.5, 0.6) is 5.75 Å². The minimum Gasteiger partial charge on any atom is -0.488 e. The average Bonchev–Trinajstić information content (AvgIpc) is 4.00. The Labute approximate surface area is 339 Å². The normalized spacial score (nSPS) is 21.6. The predicted molar refractivity (Wildman–Crippen MR) is 221 cm³/mol. The summed E-state index contributed by atoms with van der Waals surface area (Å²) in [6.07, 6.45) is 3.92. The molecule has 0 aliphatic carbocycles. The van der Waals surface area contributed by atoms with Gasteiger partial charge in [0.25, 0.3) is 0 Å². The highest BCUT2D eigenvalue weighted by Crippen LogP contribution is 2.45. The predicted octanol–water partition coefficient (Wildman–Crippen LogP) is 8.12. The van der Waals surface area contributed by atoms with E-state index in [2.05, 4.69) is 59.7 Å². The van der Waals surface area contributed by atoms with Crippen molar-refractivity contribution in [1.29, 1.82) is 0 Å². The number of H-pyrrole nitrogens is 1. The number of aliphatic imine (C=N–C) groups is 1. The van der Waals surface area contributed by atoms with E-state index in [4.69, 9.17) is 28.9 Å². The number of nitrogens with zero attached hydrogens (tertiary/aromatic N) is 4. The van der Waals surface area contributed by atoms with Gasteiger partial charge >= 0.3 is 12.2 Å². The third-order valence-corrected chi connectivity index (χ3v) is 11.9. The second kappa shape index (κ2) is 15.4. The third kappa shape index (κ3) is 7.40. The molecular weight excluding hydrogens is 737 g/mol. The van der Waals surface area contributed by atoms with Gasteiger partial charge in [-0.15, -0.1) is 0 Å². The number of nitrogens with one attached hydrogen (secondary N) is 2. The monoisotopic (exact) mass is 790 g/mol. The van der Waals surface area contributed by atoms with Gasteiger partial charge in [0.15, 0.2) is 0 Å². The highest BCUT2D eigenvalue weighted by molar-refractivity contribution is 6.06. The molecule has 2 unspecified atom stereocenters. The van der Waals surface area contributed by atoms with Crippen LogP contribution in [0.15, 0.2) is 53.7 Å². The van der Waals surface area contributed by atoms with Crippen molar-refractivity contribution in [1.82, 2.24) is 25.1 Å². The van der Waals surface area contributed by atoms with Crippen LogP contribution in [0.25, 0.3) is 33.2 Å². The van der Waals surface area contributed by atoms with Crippen molar-refractivity contribution in [2.75, 3.05) is 27.4 Å². The number of likely N-dealkylation sites (tertiary alicyclic amines) is 2. The first kappa shape index (κ1) is 39.4. The molecule has 5 heterocycles. The fourth-order valence-electron chi connectivity index (χ4n) is 9.15. The van der Waals surface area contributed by atoms with Gasteiger partial charge in [0.05, 0.1) is 43.4 Å². The van der Waals surface area contributed by atoms with Crippen molar-refractivity contribution in [3.63, 3.8) is 0 Å². The Morgan fingerprint density at radius 3 is 2.59 bits per heavy atom. The maximum absolute atomic E-state index is 14.0. The molecule has 58 heavy (non-hydrogen) atoms. The Kier molecular flexibility index (Phi) is 10.5. The number of alkyl carbamates (subject to hydrolysis) is 1. The van der Waals surface area contributed by atoms with Gasteiger partial charge in [-0.05, 0) is 110 Å². The molecule has 0 spiro atoms. The van der Waals surface area contributed by atoms with Crippen molar-refractivity contribution in [2.45, 2.75) is 104 Å². The Balaban J connectivity index is 1.02. The summed E-state index contributed by atoms with van der Waals surface area (Å²) in [4.78, 5) is 56.4. The van der Waals surface area contributed by atoms with E-state index < -0.39 is 17.7 Å². The molecule has 4 aliphatic heterocycles. The van der Waals surface area contributed by atoms with Crippen LogP contribution in [0.1, 0.15) is 83.8 Å². The van der Waals surface area contributed by atoms with E-state index in [1.165, 1.54) is 7.11 Å². The number of carbonyl (C=O) groups is 3. The number of carbonyl (C=O) groups excluding carboxylic acids is 3. The molecule has 8 rings (SSSR count). The zero-order valence-electron chi connectivity index (χ0n) is 34.7. The fraction of sp³-hybridized carbons (Fsp3) is 0.489. The SMILES string of the molecule is COC[C@H]1CC(c2ncc(-c3ccc4c(c3)COc3cc5c6c(ccc5cc3-4)N=C([C@@H]3CC[C@H](C)N3C(=O)C(NC(=O)OC)C(C)C)C6)[nH]2)N(C(=O)OC(C)(C)C)C1. The lowest BCUT2D eigenvalue weighted by Crippen LogP contribution is -2.55. The van der Waals surface area contributed by atoms with Crippen LogP contribution in [-0.2, 0) is 32.0 Å². The van der Waals surface area contributed by atoms with Crippen LogP contribution in [0, 0.1) is 11.8 Å². The summed E-state index contributed by atoms with van der Waals surface area (Å²) in [5.74, 6) is 1.52. The van der Waals surface area contributed by atoms with Gasteiger partial charge in [0, 0.05) is 43.3 Å². The molecule has 0 radical (unpaired) electrons. The first-order valence-electron chi connectivity index (χ1n) is 20.4. The second-order valence-electron chi connectivity index (χ2n) is 17.5. The van der Waals surface area contributed by atoms with E-state index in [1.807, 2.05) is 45.7 Å². The van der Waals surface area contributed by atoms with Gasteiger partial charge in [-0.25, -0.2) is 14.6 Å². The summed E-state index contributed by atoms with van der Waals surface area (Å²) in [6, 6.07) is 13.9. The van der Waals surface area contributed by atoms with Crippen LogP contribution < -0.4 is 10.1 Å². The number of benzene rings is 3. The van der Waals surface area contributed by atoms with E-state index in [9.17, 15) is 14.4 Å². The molecule has 3 amide bonds. The number of rotatable bonds is 8. The van der Waals surface area contributed by atoms with Crippen molar-refractivity contribution >= 4 is 40.3 Å². The van der Waals surface area contributed by atoms with Crippen LogP contribution in [0.4, 0.5) is 15.3 Å². The molecule has 3 aromatic carbocycles. The summed E-state index contributed by atoms with van der Waals surface area (Å²) in [5.41, 5.74) is 7.50. The summed E-state index contributed by atoms with van der Waals surface area (Å²) in [7, 11) is 2.99. The summed E-state index contributed by atoms with van der Waals surface area (Å²) in [5, 5.41) is 4.95. The van der Waals surface area contributed by atoms with E-state index in [-0.39, 0.29) is 42.0 Å². The van der Waals surface area contributed by atoms with E-state index in [0.29, 0.717) is 26.2 Å². The molecular formula is C45H54N6O7. The molecule has 0 saturated carbocycles. The number of aromatic amines is 1.